The zero-order valence-electron chi connectivity index (χ0n) is 32.6. The van der Waals surface area contributed by atoms with Crippen LogP contribution in [0.15, 0.2) is 158 Å². The summed E-state index contributed by atoms with van der Waals surface area (Å²) in [6.07, 6.45) is -2.37. The number of hydrogen-bond acceptors (Lipinski definition) is 6. The number of carboxylic acid groups (broad SMARTS) is 1. The van der Waals surface area contributed by atoms with Gasteiger partial charge in [0.05, 0.1) is 38.6 Å². The first-order valence-corrected chi connectivity index (χ1v) is 20.2. The minimum atomic E-state index is -1.12. The summed E-state index contributed by atoms with van der Waals surface area (Å²) >= 11 is 6.89. The highest BCUT2D eigenvalue weighted by Crippen LogP contribution is 2.41. The SMILES string of the molecule is CCc1ccc(Cc2cc(C3OC(COCc4ccccc4)C(OCc4ccccc4)C(OCc4ccccc4)C3OCc3ccccc3)c(C(=O)O)cc2Cl)cc1. The fourth-order valence-electron chi connectivity index (χ4n) is 7.35. The van der Waals surface area contributed by atoms with E-state index in [1.807, 2.05) is 127 Å². The van der Waals surface area contributed by atoms with Crippen molar-refractivity contribution in [3.8, 4) is 0 Å². The molecule has 0 spiro atoms. The summed E-state index contributed by atoms with van der Waals surface area (Å²) in [6.45, 7) is 3.39. The van der Waals surface area contributed by atoms with Crippen molar-refractivity contribution in [1.82, 2.24) is 0 Å². The van der Waals surface area contributed by atoms with Gasteiger partial charge in [-0.1, -0.05) is 170 Å². The van der Waals surface area contributed by atoms with Gasteiger partial charge in [0, 0.05) is 5.02 Å². The van der Waals surface area contributed by atoms with Crippen LogP contribution in [0.25, 0.3) is 0 Å². The summed E-state index contributed by atoms with van der Waals surface area (Å²) in [6, 6.07) is 51.5. The van der Waals surface area contributed by atoms with E-state index < -0.39 is 36.5 Å². The molecule has 1 saturated heterocycles. The number of aryl methyl sites for hydroxylation is 1. The third-order valence-corrected chi connectivity index (χ3v) is 10.8. The van der Waals surface area contributed by atoms with Gasteiger partial charge in [-0.25, -0.2) is 4.79 Å². The van der Waals surface area contributed by atoms with E-state index in [2.05, 4.69) is 31.2 Å². The van der Waals surface area contributed by atoms with Crippen molar-refractivity contribution in [2.24, 2.45) is 0 Å². The van der Waals surface area contributed by atoms with Crippen LogP contribution in [0, 0.1) is 0 Å². The second-order valence-corrected chi connectivity index (χ2v) is 15.0. The van der Waals surface area contributed by atoms with Crippen molar-refractivity contribution in [1.29, 1.82) is 0 Å². The summed E-state index contributed by atoms with van der Waals surface area (Å²) < 4.78 is 34.1. The highest BCUT2D eigenvalue weighted by atomic mass is 35.5. The van der Waals surface area contributed by atoms with Crippen molar-refractivity contribution in [2.45, 2.75) is 76.7 Å². The van der Waals surface area contributed by atoms with Gasteiger partial charge in [-0.15, -0.1) is 0 Å². The van der Waals surface area contributed by atoms with Gasteiger partial charge in [0.1, 0.15) is 30.5 Å². The standard InChI is InChI=1S/C50H49ClO7/c1-2-35-23-25-36(26-24-35)27-41-28-42(43(50(52)53)29-44(41)51)46-48(56-32-39-19-11-5-12-20-39)49(57-33-40-21-13-6-14-22-40)47(55-31-38-17-9-4-10-18-38)45(58-46)34-54-30-37-15-7-3-8-16-37/h3-26,28-29,45-49H,2,27,30-34H2,1H3,(H,52,53). The number of hydrogen-bond donors (Lipinski definition) is 1. The number of benzene rings is 6. The van der Waals surface area contributed by atoms with Gasteiger partial charge in [0.2, 0.25) is 0 Å². The molecule has 1 fully saturated rings. The summed E-state index contributed by atoms with van der Waals surface area (Å²) in [7, 11) is 0. The van der Waals surface area contributed by atoms with Crippen LogP contribution in [0.4, 0.5) is 0 Å². The fraction of sp³-hybridized carbons (Fsp3) is 0.260. The molecule has 0 bridgehead atoms. The smallest absolute Gasteiger partial charge is 0.336 e. The molecular weight excluding hydrogens is 748 g/mol. The predicted octanol–water partition coefficient (Wildman–Crippen LogP) is 10.6. The van der Waals surface area contributed by atoms with Crippen LogP contribution in [0.2, 0.25) is 5.02 Å². The molecule has 298 valence electrons. The lowest BCUT2D eigenvalue weighted by Crippen LogP contribution is -2.58. The van der Waals surface area contributed by atoms with Crippen molar-refractivity contribution in [3.63, 3.8) is 0 Å². The fourth-order valence-corrected chi connectivity index (χ4v) is 7.58. The number of ether oxygens (including phenoxy) is 5. The molecule has 5 unspecified atom stereocenters. The zero-order valence-corrected chi connectivity index (χ0v) is 33.4. The van der Waals surface area contributed by atoms with Crippen LogP contribution in [-0.4, -0.2) is 42.1 Å². The summed E-state index contributed by atoms with van der Waals surface area (Å²) in [4.78, 5) is 13.1. The minimum Gasteiger partial charge on any atom is -0.478 e. The third kappa shape index (κ3) is 10.9. The minimum absolute atomic E-state index is 0.0304. The molecule has 7 nitrogen and oxygen atoms in total. The molecule has 6 aromatic rings. The molecule has 0 saturated carbocycles. The maximum absolute atomic E-state index is 13.1. The van der Waals surface area contributed by atoms with Crippen LogP contribution in [0.5, 0.6) is 0 Å². The molecule has 0 radical (unpaired) electrons. The van der Waals surface area contributed by atoms with Gasteiger partial charge in [0.15, 0.2) is 0 Å². The molecule has 1 aliphatic rings. The topological polar surface area (TPSA) is 83.5 Å². The Kier molecular flexibility index (Phi) is 14.5. The Balaban J connectivity index is 1.32. The van der Waals surface area contributed by atoms with Crippen LogP contribution < -0.4 is 0 Å². The average Bonchev–Trinajstić information content (AvgIpc) is 3.26. The largest absolute Gasteiger partial charge is 0.478 e. The van der Waals surface area contributed by atoms with Crippen molar-refractivity contribution in [3.05, 3.63) is 213 Å². The third-order valence-electron chi connectivity index (χ3n) is 10.5. The number of halogens is 1. The highest BCUT2D eigenvalue weighted by molar-refractivity contribution is 6.31. The van der Waals surface area contributed by atoms with E-state index in [-0.39, 0.29) is 32.0 Å². The molecule has 1 heterocycles. The van der Waals surface area contributed by atoms with E-state index in [0.717, 1.165) is 39.8 Å². The van der Waals surface area contributed by atoms with Gasteiger partial charge in [-0.2, -0.15) is 0 Å². The molecule has 1 N–H and O–H groups in total. The number of rotatable bonds is 18. The Labute approximate surface area is 346 Å². The molecule has 8 heteroatoms. The monoisotopic (exact) mass is 796 g/mol. The Morgan fingerprint density at radius 3 is 1.55 bits per heavy atom. The first kappa shape index (κ1) is 41.1. The lowest BCUT2D eigenvalue weighted by molar-refractivity contribution is -0.275. The molecule has 0 aromatic heterocycles. The molecule has 0 aliphatic carbocycles. The van der Waals surface area contributed by atoms with E-state index in [1.54, 1.807) is 0 Å². The molecule has 6 aromatic carbocycles. The molecular formula is C50H49ClO7. The first-order chi connectivity index (χ1) is 28.4. The summed E-state index contributed by atoms with van der Waals surface area (Å²) in [5.41, 5.74) is 7.46. The maximum Gasteiger partial charge on any atom is 0.336 e. The van der Waals surface area contributed by atoms with Crippen molar-refractivity contribution >= 4 is 17.6 Å². The van der Waals surface area contributed by atoms with Gasteiger partial charge in [-0.3, -0.25) is 0 Å². The van der Waals surface area contributed by atoms with E-state index in [1.165, 1.54) is 11.6 Å². The van der Waals surface area contributed by atoms with E-state index in [4.69, 9.17) is 35.3 Å². The van der Waals surface area contributed by atoms with Crippen LogP contribution >= 0.6 is 11.6 Å². The second-order valence-electron chi connectivity index (χ2n) is 14.6. The van der Waals surface area contributed by atoms with E-state index in [9.17, 15) is 9.90 Å². The van der Waals surface area contributed by atoms with Crippen LogP contribution in [0.1, 0.15) is 67.9 Å². The average molecular weight is 797 g/mol. The zero-order chi connectivity index (χ0) is 40.1. The molecule has 58 heavy (non-hydrogen) atoms. The van der Waals surface area contributed by atoms with E-state index in [0.29, 0.717) is 23.6 Å². The Hall–Kier alpha value is -5.12. The predicted molar refractivity (Wildman–Crippen MR) is 226 cm³/mol. The van der Waals surface area contributed by atoms with Crippen molar-refractivity contribution in [2.75, 3.05) is 6.61 Å². The van der Waals surface area contributed by atoms with Gasteiger partial charge < -0.3 is 28.8 Å². The lowest BCUT2D eigenvalue weighted by atomic mass is 9.87. The normalized spacial score (nSPS) is 19.2. The van der Waals surface area contributed by atoms with Crippen molar-refractivity contribution < 1.29 is 33.6 Å². The number of carboxylic acids is 1. The van der Waals surface area contributed by atoms with Gasteiger partial charge >= 0.3 is 5.97 Å². The Morgan fingerprint density at radius 1 is 0.586 bits per heavy atom. The van der Waals surface area contributed by atoms with Crippen LogP contribution in [-0.2, 0) is 63.0 Å². The maximum atomic E-state index is 13.1. The number of carbonyl (C=O) groups is 1. The number of aromatic carboxylic acids is 1. The Morgan fingerprint density at radius 2 is 1.05 bits per heavy atom. The molecule has 1 aliphatic heterocycles. The second kappa shape index (κ2) is 20.5. The Bertz CT molecular complexity index is 2170. The summed E-state index contributed by atoms with van der Waals surface area (Å²) in [5, 5.41) is 11.1. The van der Waals surface area contributed by atoms with Crippen LogP contribution in [0.3, 0.4) is 0 Å². The molecule has 0 amide bonds. The highest BCUT2D eigenvalue weighted by Gasteiger charge is 2.50. The molecule has 5 atom stereocenters. The van der Waals surface area contributed by atoms with Gasteiger partial charge in [-0.05, 0) is 63.4 Å². The first-order valence-electron chi connectivity index (χ1n) is 19.8. The summed E-state index contributed by atoms with van der Waals surface area (Å²) in [5.74, 6) is -1.12. The van der Waals surface area contributed by atoms with E-state index >= 15 is 0 Å². The quantitative estimate of drug-likeness (QED) is 0.0927. The van der Waals surface area contributed by atoms with Gasteiger partial charge in [0.25, 0.3) is 0 Å². The molecule has 7 rings (SSSR count). The lowest BCUT2D eigenvalue weighted by Gasteiger charge is -2.46.